The number of nitrogens with one attached hydrogen (secondary N) is 3. The van der Waals surface area contributed by atoms with Crippen LogP contribution in [0.2, 0.25) is 0 Å². The van der Waals surface area contributed by atoms with Crippen LogP contribution in [0, 0.1) is 11.8 Å². The van der Waals surface area contributed by atoms with Crippen molar-refractivity contribution in [3.63, 3.8) is 0 Å². The van der Waals surface area contributed by atoms with Crippen LogP contribution in [0.25, 0.3) is 0 Å². The Kier molecular flexibility index (Phi) is 11.7. The standard InChI is InChI=1S/C34H39N5O10S2/c1-15-26(25(16(2)40)31(43)39-14-21(50)11-24(39)30(42)37-20-8-4-6-18(10-20)33(46)47)38-27(34(48)49)28(15)51-22-12-23(35-13-22)29(41)36-19-7-3-5-17(9-19)32(44)45/h3-10,15-16,21-26,28,35,40,50H,11-14H2,1-2H3,(H,36,41)(H,37,42)(H,44,45)(H,46,47)(H,48,49)/t15-,16-,21+,22+,23+,24+,25-,26-,28?/m1/s1. The number of carboxylic acid groups (broad SMARTS) is 3. The fraction of sp³-hybridized carbons (Fsp3) is 0.441. The Labute approximate surface area is 302 Å². The highest BCUT2D eigenvalue weighted by atomic mass is 32.2. The van der Waals surface area contributed by atoms with E-state index in [0.717, 1.165) is 0 Å². The van der Waals surface area contributed by atoms with Crippen molar-refractivity contribution in [2.45, 2.75) is 66.7 Å². The van der Waals surface area contributed by atoms with Crippen LogP contribution in [-0.4, -0.2) is 120 Å². The van der Waals surface area contributed by atoms with E-state index < -0.39 is 71.0 Å². The Morgan fingerprint density at radius 2 is 1.51 bits per heavy atom. The van der Waals surface area contributed by atoms with Gasteiger partial charge in [-0.1, -0.05) is 19.1 Å². The zero-order valence-corrected chi connectivity index (χ0v) is 29.3. The minimum atomic E-state index is -1.27. The molecule has 3 aliphatic rings. The Hall–Kier alpha value is -4.45. The highest BCUT2D eigenvalue weighted by Gasteiger charge is 2.51. The summed E-state index contributed by atoms with van der Waals surface area (Å²) < 4.78 is 0. The van der Waals surface area contributed by atoms with E-state index in [-0.39, 0.29) is 51.9 Å². The van der Waals surface area contributed by atoms with Crippen LogP contribution in [0.3, 0.4) is 0 Å². The lowest BCUT2D eigenvalue weighted by Gasteiger charge is -2.34. The maximum absolute atomic E-state index is 14.2. The monoisotopic (exact) mass is 741 g/mol. The molecule has 0 saturated carbocycles. The number of aromatic carboxylic acids is 2. The van der Waals surface area contributed by atoms with Crippen LogP contribution >= 0.6 is 24.4 Å². The number of rotatable bonds is 12. The summed E-state index contributed by atoms with van der Waals surface area (Å²) in [6.45, 7) is 3.64. The summed E-state index contributed by atoms with van der Waals surface area (Å²) in [6, 6.07) is 9.00. The molecule has 0 aliphatic carbocycles. The van der Waals surface area contributed by atoms with Crippen LogP contribution in [-0.2, 0) is 19.2 Å². The molecule has 5 rings (SSSR count). The summed E-state index contributed by atoms with van der Waals surface area (Å²) >= 11 is 5.84. The molecule has 17 heteroatoms. The highest BCUT2D eigenvalue weighted by Crippen LogP contribution is 2.41. The predicted octanol–water partition coefficient (Wildman–Crippen LogP) is 1.93. The minimum absolute atomic E-state index is 0.0251. The molecule has 0 aromatic heterocycles. The number of likely N-dealkylation sites (tertiary alicyclic amines) is 1. The number of hydrogen-bond acceptors (Lipinski definition) is 11. The lowest BCUT2D eigenvalue weighted by molar-refractivity contribution is -0.144. The summed E-state index contributed by atoms with van der Waals surface area (Å²) in [5.41, 5.74) is 0.398. The lowest BCUT2D eigenvalue weighted by atomic mass is 9.85. The van der Waals surface area contributed by atoms with Gasteiger partial charge in [0.1, 0.15) is 11.8 Å². The molecule has 51 heavy (non-hydrogen) atoms. The second kappa shape index (κ2) is 15.8. The highest BCUT2D eigenvalue weighted by molar-refractivity contribution is 8.01. The molecule has 0 bridgehead atoms. The summed E-state index contributed by atoms with van der Waals surface area (Å²) in [5.74, 6) is -6.79. The minimum Gasteiger partial charge on any atom is -0.478 e. The van der Waals surface area contributed by atoms with E-state index in [1.54, 1.807) is 13.0 Å². The van der Waals surface area contributed by atoms with Crippen molar-refractivity contribution >= 4 is 77.1 Å². The second-order valence-corrected chi connectivity index (χ2v) is 15.1. The van der Waals surface area contributed by atoms with Crippen molar-refractivity contribution in [2.75, 3.05) is 23.7 Å². The number of hydrogen-bond donors (Lipinski definition) is 8. The lowest BCUT2D eigenvalue weighted by Crippen LogP contribution is -2.51. The Morgan fingerprint density at radius 3 is 2.06 bits per heavy atom. The number of carbonyl (C=O) groups is 6. The number of aliphatic hydroxyl groups is 1. The first-order valence-corrected chi connectivity index (χ1v) is 17.7. The number of anilines is 2. The molecule has 0 spiro atoms. The maximum Gasteiger partial charge on any atom is 0.350 e. The Morgan fingerprint density at radius 1 is 0.922 bits per heavy atom. The number of aliphatic hydroxyl groups excluding tert-OH is 1. The van der Waals surface area contributed by atoms with E-state index in [4.69, 9.17) is 0 Å². The average molecular weight is 742 g/mol. The van der Waals surface area contributed by atoms with Gasteiger partial charge in [-0.3, -0.25) is 19.4 Å². The molecule has 0 radical (unpaired) electrons. The van der Waals surface area contributed by atoms with E-state index in [2.05, 4.69) is 33.6 Å². The number of aliphatic carboxylic acids is 1. The predicted molar refractivity (Wildman–Crippen MR) is 192 cm³/mol. The number of thiol groups is 1. The van der Waals surface area contributed by atoms with Crippen molar-refractivity contribution < 1.29 is 49.2 Å². The van der Waals surface area contributed by atoms with Crippen molar-refractivity contribution in [3.05, 3.63) is 59.7 Å². The molecule has 9 atom stereocenters. The fourth-order valence-corrected chi connectivity index (χ4v) is 8.80. The van der Waals surface area contributed by atoms with Gasteiger partial charge < -0.3 is 41.3 Å². The Balaban J connectivity index is 1.28. The molecule has 7 N–H and O–H groups in total. The molecule has 2 saturated heterocycles. The van der Waals surface area contributed by atoms with Gasteiger partial charge >= 0.3 is 17.9 Å². The van der Waals surface area contributed by atoms with Gasteiger partial charge in [-0.15, -0.1) is 11.8 Å². The van der Waals surface area contributed by atoms with Crippen LogP contribution in [0.1, 0.15) is 47.4 Å². The van der Waals surface area contributed by atoms with E-state index in [1.165, 1.54) is 66.1 Å². The first-order valence-electron chi connectivity index (χ1n) is 16.3. The molecule has 272 valence electrons. The normalized spacial score (nSPS) is 26.9. The van der Waals surface area contributed by atoms with Crippen LogP contribution in [0.4, 0.5) is 11.4 Å². The van der Waals surface area contributed by atoms with Gasteiger partial charge in [-0.25, -0.2) is 14.4 Å². The molecule has 3 aliphatic heterocycles. The molecular weight excluding hydrogens is 703 g/mol. The molecule has 2 aromatic rings. The third-order valence-electron chi connectivity index (χ3n) is 9.33. The third-order valence-corrected chi connectivity index (χ3v) is 11.4. The van der Waals surface area contributed by atoms with Gasteiger partial charge in [0.25, 0.3) is 0 Å². The van der Waals surface area contributed by atoms with Gasteiger partial charge in [-0.05, 0) is 62.1 Å². The quantitative estimate of drug-likeness (QED) is 0.146. The first kappa shape index (κ1) is 37.8. The summed E-state index contributed by atoms with van der Waals surface area (Å²) in [6.07, 6.45) is -0.719. The van der Waals surface area contributed by atoms with E-state index >= 15 is 0 Å². The van der Waals surface area contributed by atoms with Crippen LogP contribution < -0.4 is 16.0 Å². The summed E-state index contributed by atoms with van der Waals surface area (Å²) in [4.78, 5) is 81.6. The van der Waals surface area contributed by atoms with Crippen molar-refractivity contribution in [1.29, 1.82) is 0 Å². The molecule has 2 aromatic carbocycles. The number of nitrogens with zero attached hydrogens (tertiary/aromatic N) is 2. The topological polar surface area (TPSA) is 235 Å². The number of carbonyl (C=O) groups excluding carboxylic acids is 3. The second-order valence-electron chi connectivity index (χ2n) is 13.0. The van der Waals surface area contributed by atoms with E-state index in [9.17, 15) is 49.2 Å². The fourth-order valence-electron chi connectivity index (χ4n) is 6.82. The smallest absolute Gasteiger partial charge is 0.350 e. The number of carboxylic acids is 3. The molecule has 1 unspecified atom stereocenters. The number of benzene rings is 2. The van der Waals surface area contributed by atoms with Gasteiger partial charge in [0.15, 0.2) is 0 Å². The van der Waals surface area contributed by atoms with Crippen molar-refractivity contribution in [1.82, 2.24) is 10.2 Å². The van der Waals surface area contributed by atoms with E-state index in [1.807, 2.05) is 0 Å². The van der Waals surface area contributed by atoms with Gasteiger partial charge in [0, 0.05) is 35.0 Å². The Bertz CT molecular complexity index is 1760. The number of amides is 3. The first-order chi connectivity index (χ1) is 24.1. The van der Waals surface area contributed by atoms with Gasteiger partial charge in [0.05, 0.1) is 40.5 Å². The number of aliphatic imine (C=N–C) groups is 1. The molecular formula is C34H39N5O10S2. The third kappa shape index (κ3) is 8.54. The SMILES string of the molecule is C[C@@H](O)[C@@H](C(=O)N1C[C@@H](S)C[C@H]1C(=O)Nc1cccc(C(=O)O)c1)[C@@H]1N=C(C(=O)O)C(S[C@@H]2CN[C@H](C(=O)Nc3cccc(C(=O)O)c3)C2)[C@@H]1C. The zero-order valence-electron chi connectivity index (χ0n) is 27.6. The van der Waals surface area contributed by atoms with Crippen LogP contribution in [0.5, 0.6) is 0 Å². The van der Waals surface area contributed by atoms with Gasteiger partial charge in [0.2, 0.25) is 17.7 Å². The van der Waals surface area contributed by atoms with Gasteiger partial charge in [-0.2, -0.15) is 12.6 Å². The largest absolute Gasteiger partial charge is 0.478 e. The summed E-state index contributed by atoms with van der Waals surface area (Å²) in [7, 11) is 0. The van der Waals surface area contributed by atoms with E-state index in [0.29, 0.717) is 18.7 Å². The average Bonchev–Trinajstić information content (AvgIpc) is 3.79. The molecule has 3 amide bonds. The molecule has 3 heterocycles. The molecule has 2 fully saturated rings. The molecule has 15 nitrogen and oxygen atoms in total. The maximum atomic E-state index is 14.2. The van der Waals surface area contributed by atoms with Crippen molar-refractivity contribution in [3.8, 4) is 0 Å². The summed E-state index contributed by atoms with van der Waals surface area (Å²) in [5, 5.41) is 46.9. The van der Waals surface area contributed by atoms with Crippen molar-refractivity contribution in [2.24, 2.45) is 16.8 Å². The van der Waals surface area contributed by atoms with Crippen LogP contribution in [0.15, 0.2) is 53.5 Å². The number of thioether (sulfide) groups is 1. The zero-order chi connectivity index (χ0) is 37.1.